The van der Waals surface area contributed by atoms with Crippen molar-refractivity contribution in [1.29, 1.82) is 0 Å². The normalized spacial score (nSPS) is 15.2. The summed E-state index contributed by atoms with van der Waals surface area (Å²) in [5.74, 6) is -1.92. The summed E-state index contributed by atoms with van der Waals surface area (Å²) in [6.07, 6.45) is 0.559. The molecule has 1 heterocycles. The molecule has 1 aliphatic rings. The quantitative estimate of drug-likeness (QED) is 0.814. The van der Waals surface area contributed by atoms with Gasteiger partial charge in [0, 0.05) is 24.7 Å². The highest BCUT2D eigenvalue weighted by atomic mass is 19.1. The number of ether oxygens (including phenoxy) is 2. The number of likely N-dealkylation sites (tertiary alicyclic amines) is 1. The molecule has 0 bridgehead atoms. The highest BCUT2D eigenvalue weighted by Crippen LogP contribution is 2.22. The SMILES string of the molecule is COC(=O)c1cc(F)cc(NC(=O)C2CCN(C(=O)OC(C)(C)C)CC2)c1. The molecule has 8 heteroatoms. The molecule has 0 saturated carbocycles. The van der Waals surface area contributed by atoms with E-state index in [1.807, 2.05) is 0 Å². The maximum atomic E-state index is 13.7. The van der Waals surface area contributed by atoms with Crippen LogP contribution in [0.5, 0.6) is 0 Å². The van der Waals surface area contributed by atoms with Crippen LogP contribution < -0.4 is 5.32 Å². The highest BCUT2D eigenvalue weighted by Gasteiger charge is 2.30. The van der Waals surface area contributed by atoms with Gasteiger partial charge in [0.25, 0.3) is 0 Å². The van der Waals surface area contributed by atoms with Crippen molar-refractivity contribution < 1.29 is 28.2 Å². The molecule has 2 amide bonds. The van der Waals surface area contributed by atoms with Crippen molar-refractivity contribution in [2.75, 3.05) is 25.5 Å². The zero-order valence-electron chi connectivity index (χ0n) is 16.0. The van der Waals surface area contributed by atoms with E-state index in [9.17, 15) is 18.8 Å². The fourth-order valence-electron chi connectivity index (χ4n) is 2.79. The summed E-state index contributed by atoms with van der Waals surface area (Å²) in [7, 11) is 1.20. The number of carbonyl (C=O) groups is 3. The van der Waals surface area contributed by atoms with E-state index in [2.05, 4.69) is 10.1 Å². The fourth-order valence-corrected chi connectivity index (χ4v) is 2.79. The van der Waals surface area contributed by atoms with Crippen molar-refractivity contribution >= 4 is 23.7 Å². The molecule has 1 fully saturated rings. The molecule has 1 saturated heterocycles. The second-order valence-corrected chi connectivity index (χ2v) is 7.45. The summed E-state index contributed by atoms with van der Waals surface area (Å²) in [5.41, 5.74) is -0.359. The molecule has 7 nitrogen and oxygen atoms in total. The predicted molar refractivity (Wildman–Crippen MR) is 96.9 cm³/mol. The molecule has 0 radical (unpaired) electrons. The third-order valence-electron chi connectivity index (χ3n) is 4.10. The van der Waals surface area contributed by atoms with E-state index < -0.39 is 23.5 Å². The van der Waals surface area contributed by atoms with Gasteiger partial charge >= 0.3 is 12.1 Å². The molecule has 2 rings (SSSR count). The Hall–Kier alpha value is -2.64. The summed E-state index contributed by atoms with van der Waals surface area (Å²) >= 11 is 0. The van der Waals surface area contributed by atoms with Crippen molar-refractivity contribution in [2.24, 2.45) is 5.92 Å². The highest BCUT2D eigenvalue weighted by molar-refractivity contribution is 5.95. The van der Waals surface area contributed by atoms with Crippen LogP contribution in [0.15, 0.2) is 18.2 Å². The second kappa shape index (κ2) is 8.37. The van der Waals surface area contributed by atoms with Gasteiger partial charge in [-0.25, -0.2) is 14.0 Å². The molecule has 0 atom stereocenters. The largest absolute Gasteiger partial charge is 0.465 e. The summed E-state index contributed by atoms with van der Waals surface area (Å²) in [6, 6.07) is 3.55. The van der Waals surface area contributed by atoms with Gasteiger partial charge in [0.05, 0.1) is 12.7 Å². The number of benzene rings is 1. The van der Waals surface area contributed by atoms with Crippen LogP contribution in [0.1, 0.15) is 44.0 Å². The van der Waals surface area contributed by atoms with E-state index in [1.54, 1.807) is 25.7 Å². The van der Waals surface area contributed by atoms with Crippen LogP contribution in [0.3, 0.4) is 0 Å². The molecule has 1 N–H and O–H groups in total. The number of nitrogens with zero attached hydrogens (tertiary/aromatic N) is 1. The lowest BCUT2D eigenvalue weighted by Crippen LogP contribution is -2.43. The molecular weight excluding hydrogens is 355 g/mol. The Morgan fingerprint density at radius 2 is 1.78 bits per heavy atom. The Balaban J connectivity index is 1.94. The number of rotatable bonds is 3. The Morgan fingerprint density at radius 3 is 2.33 bits per heavy atom. The number of esters is 1. The molecule has 27 heavy (non-hydrogen) atoms. The second-order valence-electron chi connectivity index (χ2n) is 7.45. The topological polar surface area (TPSA) is 84.9 Å². The van der Waals surface area contributed by atoms with Gasteiger partial charge in [0.2, 0.25) is 5.91 Å². The summed E-state index contributed by atoms with van der Waals surface area (Å²) in [4.78, 5) is 37.6. The van der Waals surface area contributed by atoms with Crippen LogP contribution in [0.25, 0.3) is 0 Å². The number of halogens is 1. The average Bonchev–Trinajstić information content (AvgIpc) is 2.59. The van der Waals surface area contributed by atoms with Crippen LogP contribution in [-0.4, -0.2) is 48.7 Å². The van der Waals surface area contributed by atoms with Crippen molar-refractivity contribution in [3.63, 3.8) is 0 Å². The van der Waals surface area contributed by atoms with Crippen molar-refractivity contribution in [1.82, 2.24) is 4.90 Å². The number of piperidine rings is 1. The minimum absolute atomic E-state index is 0.0209. The van der Waals surface area contributed by atoms with Crippen LogP contribution in [0, 0.1) is 11.7 Å². The predicted octanol–water partition coefficient (Wildman–Crippen LogP) is 3.20. The number of hydrogen-bond donors (Lipinski definition) is 1. The number of carbonyl (C=O) groups excluding carboxylic acids is 3. The molecule has 0 aliphatic carbocycles. The van der Waals surface area contributed by atoms with E-state index in [-0.39, 0.29) is 23.1 Å². The van der Waals surface area contributed by atoms with Crippen molar-refractivity contribution in [3.8, 4) is 0 Å². The molecule has 1 aromatic rings. The Morgan fingerprint density at radius 1 is 1.15 bits per heavy atom. The monoisotopic (exact) mass is 380 g/mol. The zero-order valence-corrected chi connectivity index (χ0v) is 16.0. The van der Waals surface area contributed by atoms with Gasteiger partial charge in [-0.1, -0.05) is 0 Å². The van der Waals surface area contributed by atoms with E-state index in [0.717, 1.165) is 12.1 Å². The first-order chi connectivity index (χ1) is 12.6. The van der Waals surface area contributed by atoms with E-state index >= 15 is 0 Å². The van der Waals surface area contributed by atoms with Crippen LogP contribution in [-0.2, 0) is 14.3 Å². The van der Waals surface area contributed by atoms with Gasteiger partial charge in [-0.2, -0.15) is 0 Å². The van der Waals surface area contributed by atoms with Crippen LogP contribution in [0.2, 0.25) is 0 Å². The molecule has 0 unspecified atom stereocenters. The lowest BCUT2D eigenvalue weighted by Gasteiger charge is -2.32. The van der Waals surface area contributed by atoms with Gasteiger partial charge in [-0.05, 0) is 51.8 Å². The summed E-state index contributed by atoms with van der Waals surface area (Å²) in [6.45, 7) is 6.21. The van der Waals surface area contributed by atoms with Gasteiger partial charge in [0.1, 0.15) is 11.4 Å². The maximum Gasteiger partial charge on any atom is 0.410 e. The molecule has 0 spiro atoms. The van der Waals surface area contributed by atoms with Crippen molar-refractivity contribution in [3.05, 3.63) is 29.6 Å². The first-order valence-corrected chi connectivity index (χ1v) is 8.77. The fraction of sp³-hybridized carbons (Fsp3) is 0.526. The first kappa shape index (κ1) is 20.7. The molecule has 1 aliphatic heterocycles. The minimum Gasteiger partial charge on any atom is -0.465 e. The Bertz CT molecular complexity index is 721. The Labute approximate surface area is 157 Å². The number of methoxy groups -OCH3 is 1. The minimum atomic E-state index is -0.685. The number of amides is 2. The first-order valence-electron chi connectivity index (χ1n) is 8.77. The maximum absolute atomic E-state index is 13.7. The lowest BCUT2D eigenvalue weighted by atomic mass is 9.96. The lowest BCUT2D eigenvalue weighted by molar-refractivity contribution is -0.121. The van der Waals surface area contributed by atoms with Gasteiger partial charge in [-0.3, -0.25) is 4.79 Å². The third kappa shape index (κ3) is 5.94. The van der Waals surface area contributed by atoms with Crippen LogP contribution >= 0.6 is 0 Å². The van der Waals surface area contributed by atoms with Gasteiger partial charge in [0.15, 0.2) is 0 Å². The number of nitrogens with one attached hydrogen (secondary N) is 1. The van der Waals surface area contributed by atoms with E-state index in [1.165, 1.54) is 13.2 Å². The van der Waals surface area contributed by atoms with Gasteiger partial charge in [-0.15, -0.1) is 0 Å². The summed E-state index contributed by atoms with van der Waals surface area (Å²) in [5, 5.41) is 2.63. The summed E-state index contributed by atoms with van der Waals surface area (Å²) < 4.78 is 23.6. The third-order valence-corrected chi connectivity index (χ3v) is 4.10. The zero-order chi connectivity index (χ0) is 20.2. The molecule has 0 aromatic heterocycles. The molecule has 148 valence electrons. The standard InChI is InChI=1S/C19H25FN2O5/c1-19(2,3)27-18(25)22-7-5-12(6-8-22)16(23)21-15-10-13(17(24)26-4)9-14(20)11-15/h9-12H,5-8H2,1-4H3,(H,21,23). The van der Waals surface area contributed by atoms with Crippen molar-refractivity contribution in [2.45, 2.75) is 39.2 Å². The smallest absolute Gasteiger partial charge is 0.410 e. The van der Waals surface area contributed by atoms with Gasteiger partial charge < -0.3 is 19.7 Å². The average molecular weight is 380 g/mol. The Kier molecular flexibility index (Phi) is 6.41. The molecule has 1 aromatic carbocycles. The number of hydrogen-bond acceptors (Lipinski definition) is 5. The molecular formula is C19H25FN2O5. The van der Waals surface area contributed by atoms with E-state index in [4.69, 9.17) is 4.74 Å². The number of anilines is 1. The van der Waals surface area contributed by atoms with Crippen LogP contribution in [0.4, 0.5) is 14.9 Å². The van der Waals surface area contributed by atoms with E-state index in [0.29, 0.717) is 25.9 Å².